The van der Waals surface area contributed by atoms with Crippen molar-refractivity contribution in [3.63, 3.8) is 0 Å². The number of nitrogens with zero attached hydrogens (tertiary/aromatic N) is 2. The van der Waals surface area contributed by atoms with Gasteiger partial charge in [-0.3, -0.25) is 13.9 Å². The first-order valence-corrected chi connectivity index (χ1v) is 15.2. The van der Waals surface area contributed by atoms with Crippen LogP contribution in [0.15, 0.2) is 78.9 Å². The zero-order chi connectivity index (χ0) is 29.3. The average Bonchev–Trinajstić information content (AvgIpc) is 2.93. The number of amides is 2. The molecule has 9 heteroatoms. The van der Waals surface area contributed by atoms with Crippen LogP contribution in [-0.4, -0.2) is 57.1 Å². The maximum absolute atomic E-state index is 14.1. The number of carbonyl (C=O) groups excluding carboxylic acids is 2. The number of methoxy groups -OCH3 is 1. The van der Waals surface area contributed by atoms with Gasteiger partial charge in [-0.25, -0.2) is 8.42 Å². The summed E-state index contributed by atoms with van der Waals surface area (Å²) in [5.74, 6) is -0.169. The van der Waals surface area contributed by atoms with Gasteiger partial charge in [0.1, 0.15) is 18.3 Å². The number of rotatable bonds is 13. The molecule has 0 saturated carbocycles. The Morgan fingerprint density at radius 1 is 0.950 bits per heavy atom. The molecule has 0 aliphatic heterocycles. The maximum Gasteiger partial charge on any atom is 0.244 e. The van der Waals surface area contributed by atoms with Crippen LogP contribution in [0, 0.1) is 6.92 Å². The molecule has 0 bridgehead atoms. The number of aryl methyl sites for hydroxylation is 1. The minimum absolute atomic E-state index is 0.0902. The van der Waals surface area contributed by atoms with Gasteiger partial charge in [0.05, 0.1) is 19.1 Å². The van der Waals surface area contributed by atoms with E-state index in [1.807, 2.05) is 69.3 Å². The van der Waals surface area contributed by atoms with Crippen molar-refractivity contribution in [1.29, 1.82) is 0 Å². The molecule has 40 heavy (non-hydrogen) atoms. The van der Waals surface area contributed by atoms with Crippen LogP contribution in [0.3, 0.4) is 0 Å². The molecule has 0 heterocycles. The zero-order valence-electron chi connectivity index (χ0n) is 23.8. The zero-order valence-corrected chi connectivity index (χ0v) is 24.6. The molecule has 3 aromatic rings. The highest BCUT2D eigenvalue weighted by Gasteiger charge is 2.33. The first-order valence-electron chi connectivity index (χ1n) is 13.3. The van der Waals surface area contributed by atoms with Crippen LogP contribution in [0.1, 0.15) is 37.0 Å². The van der Waals surface area contributed by atoms with Crippen molar-refractivity contribution in [3.05, 3.63) is 95.6 Å². The molecular weight excluding hydrogens is 526 g/mol. The summed E-state index contributed by atoms with van der Waals surface area (Å²) in [5, 5.41) is 3.03. The lowest BCUT2D eigenvalue weighted by Gasteiger charge is -2.34. The SMILES string of the molecule is CC[C@H](C)NC(=O)[C@H](Cc1ccccc1)N(Cc1cccc(OC)c1)C(=O)CN(c1cccc(C)c1)S(C)(=O)=O. The normalized spacial score (nSPS) is 12.7. The Balaban J connectivity index is 2.07. The fourth-order valence-electron chi connectivity index (χ4n) is 4.36. The highest BCUT2D eigenvalue weighted by Crippen LogP contribution is 2.22. The molecule has 0 aliphatic rings. The standard InChI is InChI=1S/C31H39N3O5S/c1-6-24(3)32-31(36)29(20-25-13-8-7-9-14-25)33(21-26-15-11-17-28(19-26)39-4)30(35)22-34(40(5,37)38)27-16-10-12-23(2)18-27/h7-19,24,29H,6,20-22H2,1-5H3,(H,32,36)/t24-,29-/m0/s1. The molecule has 0 radical (unpaired) electrons. The largest absolute Gasteiger partial charge is 0.497 e. The Kier molecular flexibility index (Phi) is 10.7. The van der Waals surface area contributed by atoms with Gasteiger partial charge >= 0.3 is 0 Å². The van der Waals surface area contributed by atoms with E-state index in [4.69, 9.17) is 4.74 Å². The summed E-state index contributed by atoms with van der Waals surface area (Å²) in [5.41, 5.74) is 2.89. The van der Waals surface area contributed by atoms with E-state index >= 15 is 0 Å². The summed E-state index contributed by atoms with van der Waals surface area (Å²) < 4.78 is 32.2. The van der Waals surface area contributed by atoms with E-state index in [1.165, 1.54) is 4.90 Å². The van der Waals surface area contributed by atoms with Gasteiger partial charge in [0.15, 0.2) is 0 Å². The van der Waals surface area contributed by atoms with E-state index in [-0.39, 0.29) is 24.9 Å². The molecule has 0 spiro atoms. The first kappa shape index (κ1) is 30.7. The van der Waals surface area contributed by atoms with Crippen LogP contribution in [-0.2, 0) is 32.6 Å². The number of ether oxygens (including phenoxy) is 1. The predicted molar refractivity (Wildman–Crippen MR) is 159 cm³/mol. The van der Waals surface area contributed by atoms with Gasteiger partial charge in [0.25, 0.3) is 0 Å². The topological polar surface area (TPSA) is 96.0 Å². The summed E-state index contributed by atoms with van der Waals surface area (Å²) >= 11 is 0. The van der Waals surface area contributed by atoms with Gasteiger partial charge in [0, 0.05) is 19.0 Å². The summed E-state index contributed by atoms with van der Waals surface area (Å²) in [6.45, 7) is 5.38. The van der Waals surface area contributed by atoms with E-state index in [2.05, 4.69) is 5.32 Å². The molecule has 2 atom stereocenters. The second-order valence-corrected chi connectivity index (χ2v) is 11.9. The van der Waals surface area contributed by atoms with Gasteiger partial charge < -0.3 is 15.0 Å². The number of sulfonamides is 1. The summed E-state index contributed by atoms with van der Waals surface area (Å²) in [6, 6.07) is 22.8. The molecule has 214 valence electrons. The van der Waals surface area contributed by atoms with Crippen LogP contribution >= 0.6 is 0 Å². The summed E-state index contributed by atoms with van der Waals surface area (Å²) in [7, 11) is -2.25. The highest BCUT2D eigenvalue weighted by molar-refractivity contribution is 7.92. The number of anilines is 1. The lowest BCUT2D eigenvalue weighted by molar-refractivity contribution is -0.140. The number of benzene rings is 3. The third kappa shape index (κ3) is 8.58. The second-order valence-electron chi connectivity index (χ2n) is 10.0. The molecule has 0 saturated heterocycles. The Bertz CT molecular complexity index is 1390. The lowest BCUT2D eigenvalue weighted by Crippen LogP contribution is -2.54. The molecule has 0 unspecified atom stereocenters. The monoisotopic (exact) mass is 565 g/mol. The Morgan fingerprint density at radius 2 is 1.62 bits per heavy atom. The summed E-state index contributed by atoms with van der Waals surface area (Å²) in [6.07, 6.45) is 2.07. The molecule has 8 nitrogen and oxygen atoms in total. The van der Waals surface area contributed by atoms with Crippen LogP contribution < -0.4 is 14.4 Å². The molecule has 0 aliphatic carbocycles. The third-order valence-corrected chi connectivity index (χ3v) is 7.87. The van der Waals surface area contributed by atoms with E-state index in [0.29, 0.717) is 11.4 Å². The van der Waals surface area contributed by atoms with E-state index in [0.717, 1.165) is 33.7 Å². The van der Waals surface area contributed by atoms with Gasteiger partial charge in [-0.2, -0.15) is 0 Å². The number of hydrogen-bond donors (Lipinski definition) is 1. The van der Waals surface area contributed by atoms with Crippen molar-refractivity contribution in [3.8, 4) is 5.75 Å². The molecule has 0 fully saturated rings. The Morgan fingerprint density at radius 3 is 2.25 bits per heavy atom. The minimum Gasteiger partial charge on any atom is -0.497 e. The van der Waals surface area contributed by atoms with Gasteiger partial charge in [-0.1, -0.05) is 61.5 Å². The molecule has 3 rings (SSSR count). The third-order valence-electron chi connectivity index (χ3n) is 6.73. The van der Waals surface area contributed by atoms with Gasteiger partial charge in [-0.05, 0) is 61.2 Å². The molecule has 2 amide bonds. The van der Waals surface area contributed by atoms with Crippen molar-refractivity contribution in [2.24, 2.45) is 0 Å². The van der Waals surface area contributed by atoms with E-state index in [9.17, 15) is 18.0 Å². The van der Waals surface area contributed by atoms with Gasteiger partial charge in [-0.15, -0.1) is 0 Å². The summed E-state index contributed by atoms with van der Waals surface area (Å²) in [4.78, 5) is 29.3. The fourth-order valence-corrected chi connectivity index (χ4v) is 5.20. The Hall–Kier alpha value is -3.85. The quantitative estimate of drug-likeness (QED) is 0.333. The van der Waals surface area contributed by atoms with Crippen LogP contribution in [0.4, 0.5) is 5.69 Å². The van der Waals surface area contributed by atoms with E-state index < -0.39 is 28.5 Å². The number of hydrogen-bond acceptors (Lipinski definition) is 5. The van der Waals surface area contributed by atoms with Crippen LogP contribution in [0.5, 0.6) is 5.75 Å². The second kappa shape index (κ2) is 14.0. The van der Waals surface area contributed by atoms with Gasteiger partial charge in [0.2, 0.25) is 21.8 Å². The van der Waals surface area contributed by atoms with Crippen molar-refractivity contribution in [2.45, 2.75) is 52.2 Å². The van der Waals surface area contributed by atoms with Crippen molar-refractivity contribution < 1.29 is 22.7 Å². The number of nitrogens with one attached hydrogen (secondary N) is 1. The minimum atomic E-state index is -3.81. The van der Waals surface area contributed by atoms with Crippen molar-refractivity contribution >= 4 is 27.5 Å². The van der Waals surface area contributed by atoms with Crippen LogP contribution in [0.25, 0.3) is 0 Å². The molecular formula is C31H39N3O5S. The fraction of sp³-hybridized carbons (Fsp3) is 0.355. The van der Waals surface area contributed by atoms with Crippen molar-refractivity contribution in [1.82, 2.24) is 10.2 Å². The van der Waals surface area contributed by atoms with Crippen molar-refractivity contribution in [2.75, 3.05) is 24.2 Å². The Labute approximate surface area is 238 Å². The maximum atomic E-state index is 14.1. The molecule has 3 aromatic carbocycles. The number of carbonyl (C=O) groups is 2. The molecule has 1 N–H and O–H groups in total. The van der Waals surface area contributed by atoms with E-state index in [1.54, 1.807) is 37.4 Å². The van der Waals surface area contributed by atoms with Crippen LogP contribution in [0.2, 0.25) is 0 Å². The predicted octanol–water partition coefficient (Wildman–Crippen LogP) is 4.32. The smallest absolute Gasteiger partial charge is 0.244 e. The lowest BCUT2D eigenvalue weighted by atomic mass is 10.0. The molecule has 0 aromatic heterocycles. The average molecular weight is 566 g/mol. The first-order chi connectivity index (χ1) is 19.0. The highest BCUT2D eigenvalue weighted by atomic mass is 32.2.